The quantitative estimate of drug-likeness (QED) is 0.334. The molecule has 3 aliphatic carbocycles. The number of amides is 1. The summed E-state index contributed by atoms with van der Waals surface area (Å²) in [5.74, 6) is -8.51. The third-order valence-electron chi connectivity index (χ3n) is 7.61. The Hall–Kier alpha value is -3.17. The van der Waals surface area contributed by atoms with Crippen LogP contribution in [0.25, 0.3) is 5.76 Å². The van der Waals surface area contributed by atoms with Gasteiger partial charge in [0.15, 0.2) is 11.4 Å². The number of carbonyl (C=O) groups excluding carboxylic acids is 3. The van der Waals surface area contributed by atoms with Gasteiger partial charge in [0, 0.05) is 29.4 Å². The number of hydrogen-bond acceptors (Lipinski definition) is 8. The van der Waals surface area contributed by atoms with Crippen molar-refractivity contribution >= 4 is 23.2 Å². The molecule has 5 atom stereocenters. The predicted octanol–water partition coefficient (Wildman–Crippen LogP) is 1.56. The van der Waals surface area contributed by atoms with Crippen molar-refractivity contribution in [3.8, 4) is 5.75 Å². The van der Waals surface area contributed by atoms with Gasteiger partial charge in [-0.25, -0.2) is 0 Å². The Labute approximate surface area is 196 Å². The molecule has 0 radical (unpaired) electrons. The van der Waals surface area contributed by atoms with Crippen molar-refractivity contribution in [3.05, 3.63) is 45.2 Å². The topological polar surface area (TPSA) is 178 Å². The lowest BCUT2D eigenvalue weighted by Gasteiger charge is -2.50. The Kier molecular flexibility index (Phi) is 5.05. The molecule has 3 aliphatic rings. The molecule has 0 aliphatic heterocycles. The molecule has 9 nitrogen and oxygen atoms in total. The maximum absolute atomic E-state index is 13.7. The Morgan fingerprint density at radius 2 is 1.76 bits per heavy atom. The maximum atomic E-state index is 13.7. The number of aryl methyl sites for hydroxylation is 1. The Balaban J connectivity index is 2.06. The van der Waals surface area contributed by atoms with Crippen molar-refractivity contribution in [3.63, 3.8) is 0 Å². The van der Waals surface area contributed by atoms with Gasteiger partial charge in [-0.1, -0.05) is 33.8 Å². The zero-order valence-corrected chi connectivity index (χ0v) is 19.6. The van der Waals surface area contributed by atoms with Crippen LogP contribution in [0.15, 0.2) is 23.0 Å². The van der Waals surface area contributed by atoms with Crippen LogP contribution in [0.5, 0.6) is 5.75 Å². The number of carbonyl (C=O) groups is 3. The third-order valence-corrected chi connectivity index (χ3v) is 7.61. The van der Waals surface area contributed by atoms with Crippen LogP contribution >= 0.6 is 0 Å². The number of rotatable bonds is 1. The summed E-state index contributed by atoms with van der Waals surface area (Å²) in [6.07, 6.45) is -2.13. The van der Waals surface area contributed by atoms with Gasteiger partial charge < -0.3 is 31.3 Å². The molecule has 5 unspecified atom stereocenters. The average Bonchev–Trinajstić information content (AvgIpc) is 2.71. The first-order valence-corrected chi connectivity index (χ1v) is 11.1. The molecule has 1 aromatic carbocycles. The molecule has 0 spiro atoms. The number of aliphatic hydroxyl groups excluding tert-OH is 3. The van der Waals surface area contributed by atoms with Crippen molar-refractivity contribution in [1.29, 1.82) is 0 Å². The van der Waals surface area contributed by atoms with Crippen LogP contribution in [0.3, 0.4) is 0 Å². The molecule has 0 heterocycles. The number of Topliss-reactive ketones (excluding diaryl/α,β-unsaturated/α-hetero) is 2. The molecule has 0 saturated heterocycles. The number of primary amides is 1. The summed E-state index contributed by atoms with van der Waals surface area (Å²) in [5.41, 5.74) is 2.39. The first-order valence-electron chi connectivity index (χ1n) is 11.1. The fourth-order valence-electron chi connectivity index (χ4n) is 5.97. The summed E-state index contributed by atoms with van der Waals surface area (Å²) in [6, 6.07) is 1.80. The molecule has 1 saturated carbocycles. The molecule has 1 fully saturated rings. The molecular formula is C25H29NO8. The summed E-state index contributed by atoms with van der Waals surface area (Å²) >= 11 is 0. The SMILES string of the molecule is Cc1cc(C(C)(C)C)c(O)c2c1C(C)C1C(=C2O)C(=O)C2(O)C(O)=C(C(N)=O)C(=O)CC2C1O. The minimum Gasteiger partial charge on any atom is -0.508 e. The lowest BCUT2D eigenvalue weighted by molar-refractivity contribution is -0.160. The zero-order valence-electron chi connectivity index (χ0n) is 19.6. The first kappa shape index (κ1) is 24.0. The fourth-order valence-corrected chi connectivity index (χ4v) is 5.97. The van der Waals surface area contributed by atoms with E-state index in [0.717, 1.165) is 5.56 Å². The fraction of sp³-hybridized carbons (Fsp3) is 0.480. The van der Waals surface area contributed by atoms with E-state index in [-0.39, 0.29) is 16.9 Å². The van der Waals surface area contributed by atoms with Gasteiger partial charge in [-0.2, -0.15) is 0 Å². The summed E-state index contributed by atoms with van der Waals surface area (Å²) in [4.78, 5) is 37.9. The van der Waals surface area contributed by atoms with Gasteiger partial charge in [0.25, 0.3) is 5.91 Å². The van der Waals surface area contributed by atoms with Crippen molar-refractivity contribution in [1.82, 2.24) is 0 Å². The molecule has 34 heavy (non-hydrogen) atoms. The molecule has 4 rings (SSSR count). The molecule has 1 amide bonds. The van der Waals surface area contributed by atoms with Gasteiger partial charge in [0.2, 0.25) is 5.78 Å². The highest BCUT2D eigenvalue weighted by Crippen LogP contribution is 2.57. The lowest BCUT2D eigenvalue weighted by atomic mass is 9.55. The Morgan fingerprint density at radius 1 is 1.18 bits per heavy atom. The lowest BCUT2D eigenvalue weighted by Crippen LogP contribution is -2.64. The first-order chi connectivity index (χ1) is 15.6. The number of fused-ring (bicyclic) bond motifs is 3. The van der Waals surface area contributed by atoms with Gasteiger partial charge in [-0.15, -0.1) is 0 Å². The van der Waals surface area contributed by atoms with Gasteiger partial charge in [-0.05, 0) is 29.4 Å². The van der Waals surface area contributed by atoms with E-state index < -0.39 is 75.9 Å². The van der Waals surface area contributed by atoms with E-state index in [9.17, 15) is 39.9 Å². The summed E-state index contributed by atoms with van der Waals surface area (Å²) in [7, 11) is 0. The Morgan fingerprint density at radius 3 is 2.29 bits per heavy atom. The van der Waals surface area contributed by atoms with E-state index in [1.165, 1.54) is 0 Å². The second-order valence-corrected chi connectivity index (χ2v) is 10.6. The number of phenols is 1. The van der Waals surface area contributed by atoms with E-state index in [1.54, 1.807) is 19.9 Å². The molecule has 182 valence electrons. The smallest absolute Gasteiger partial charge is 0.255 e. The van der Waals surface area contributed by atoms with Crippen molar-refractivity contribution < 1.29 is 39.9 Å². The van der Waals surface area contributed by atoms with Gasteiger partial charge in [0.1, 0.15) is 22.8 Å². The minimum absolute atomic E-state index is 0.0248. The van der Waals surface area contributed by atoms with Crippen molar-refractivity contribution in [2.45, 2.75) is 64.1 Å². The third kappa shape index (κ3) is 2.83. The van der Waals surface area contributed by atoms with Crippen LogP contribution in [-0.4, -0.2) is 54.7 Å². The van der Waals surface area contributed by atoms with Gasteiger partial charge in [-0.3, -0.25) is 14.4 Å². The van der Waals surface area contributed by atoms with E-state index >= 15 is 0 Å². The number of ketones is 2. The molecular weight excluding hydrogens is 442 g/mol. The van der Waals surface area contributed by atoms with Crippen LogP contribution in [0, 0.1) is 18.8 Å². The maximum Gasteiger partial charge on any atom is 0.255 e. The second kappa shape index (κ2) is 7.16. The number of phenolic OH excluding ortho intramolecular Hbond substituents is 1. The average molecular weight is 472 g/mol. The van der Waals surface area contributed by atoms with E-state index in [2.05, 4.69) is 0 Å². The van der Waals surface area contributed by atoms with E-state index in [4.69, 9.17) is 5.73 Å². The van der Waals surface area contributed by atoms with E-state index in [1.807, 2.05) is 20.8 Å². The minimum atomic E-state index is -2.83. The molecule has 0 bridgehead atoms. The monoisotopic (exact) mass is 471 g/mol. The van der Waals surface area contributed by atoms with Crippen LogP contribution in [0.4, 0.5) is 0 Å². The number of benzene rings is 1. The van der Waals surface area contributed by atoms with Gasteiger partial charge >= 0.3 is 0 Å². The normalized spacial score (nSPS) is 31.3. The van der Waals surface area contributed by atoms with Crippen molar-refractivity contribution in [2.75, 3.05) is 0 Å². The van der Waals surface area contributed by atoms with Gasteiger partial charge in [0.05, 0.1) is 11.7 Å². The van der Waals surface area contributed by atoms with Crippen LogP contribution in [0.1, 0.15) is 62.3 Å². The Bertz CT molecular complexity index is 1230. The zero-order chi connectivity index (χ0) is 25.7. The highest BCUT2D eigenvalue weighted by Gasteiger charge is 2.65. The molecule has 9 heteroatoms. The second-order valence-electron chi connectivity index (χ2n) is 10.6. The van der Waals surface area contributed by atoms with E-state index in [0.29, 0.717) is 11.1 Å². The highest BCUT2D eigenvalue weighted by molar-refractivity contribution is 6.23. The standard InChI is InChI=1S/C25H29NO8/c1-8-6-10(24(3,4)5)18(28)16-13(8)9(2)14-17(20(16)30)22(32)25(34)11(19(14)29)7-12(27)15(21(25)31)23(26)33/h6,9,11,14,19,28-31,34H,7H2,1-5H3,(H2,26,33). The highest BCUT2D eigenvalue weighted by atomic mass is 16.4. The largest absolute Gasteiger partial charge is 0.508 e. The van der Waals surface area contributed by atoms with Crippen molar-refractivity contribution in [2.24, 2.45) is 17.6 Å². The summed E-state index contributed by atoms with van der Waals surface area (Å²) in [6.45, 7) is 9.15. The van der Waals surface area contributed by atoms with Crippen LogP contribution in [0.2, 0.25) is 0 Å². The number of aliphatic hydroxyl groups is 4. The number of nitrogens with two attached hydrogens (primary N) is 1. The predicted molar refractivity (Wildman–Crippen MR) is 121 cm³/mol. The summed E-state index contributed by atoms with van der Waals surface area (Å²) < 4.78 is 0. The summed E-state index contributed by atoms with van der Waals surface area (Å²) in [5, 5.41) is 55.7. The molecule has 0 aromatic heterocycles. The van der Waals surface area contributed by atoms with Crippen LogP contribution < -0.4 is 5.73 Å². The van der Waals surface area contributed by atoms with Crippen LogP contribution in [-0.2, 0) is 19.8 Å². The number of hydrogen-bond donors (Lipinski definition) is 6. The molecule has 1 aromatic rings. The molecule has 7 N–H and O–H groups in total. The number of aromatic hydroxyl groups is 1.